The summed E-state index contributed by atoms with van der Waals surface area (Å²) < 4.78 is 0. The molecule has 20 heavy (non-hydrogen) atoms. The number of hydrogen-bond acceptors (Lipinski definition) is 2. The van der Waals surface area contributed by atoms with Crippen molar-refractivity contribution in [1.29, 1.82) is 0 Å². The number of nitrogens with one attached hydrogen (secondary N) is 1. The maximum absolute atomic E-state index is 12.1. The highest BCUT2D eigenvalue weighted by atomic mass is 16.4. The number of carbonyl (C=O) groups is 2. The van der Waals surface area contributed by atoms with Crippen molar-refractivity contribution in [2.24, 2.45) is 23.7 Å². The Kier molecular flexibility index (Phi) is 4.89. The van der Waals surface area contributed by atoms with Crippen LogP contribution < -0.4 is 5.32 Å². The molecule has 2 amide bonds. The summed E-state index contributed by atoms with van der Waals surface area (Å²) in [6.07, 6.45) is 4.88. The van der Waals surface area contributed by atoms with Crippen LogP contribution in [0.4, 0.5) is 4.79 Å². The van der Waals surface area contributed by atoms with Crippen LogP contribution in [-0.2, 0) is 4.79 Å². The Labute approximate surface area is 120 Å². The number of carboxylic acid groups (broad SMARTS) is 1. The van der Waals surface area contributed by atoms with E-state index in [9.17, 15) is 9.59 Å². The van der Waals surface area contributed by atoms with Crippen molar-refractivity contribution in [3.63, 3.8) is 0 Å². The van der Waals surface area contributed by atoms with Gasteiger partial charge in [-0.15, -0.1) is 0 Å². The van der Waals surface area contributed by atoms with Crippen molar-refractivity contribution in [3.05, 3.63) is 0 Å². The zero-order chi connectivity index (χ0) is 14.7. The van der Waals surface area contributed by atoms with Crippen LogP contribution in [-0.4, -0.2) is 41.6 Å². The van der Waals surface area contributed by atoms with Gasteiger partial charge in [-0.25, -0.2) is 4.79 Å². The molecule has 1 saturated heterocycles. The molecule has 0 radical (unpaired) electrons. The molecule has 1 aliphatic carbocycles. The summed E-state index contributed by atoms with van der Waals surface area (Å²) in [5.74, 6) is 0.224. The molecule has 2 atom stereocenters. The lowest BCUT2D eigenvalue weighted by Crippen LogP contribution is -2.41. The van der Waals surface area contributed by atoms with E-state index in [4.69, 9.17) is 5.11 Å². The molecule has 2 N–H and O–H groups in total. The fraction of sp³-hybridized carbons (Fsp3) is 0.867. The number of amides is 2. The Balaban J connectivity index is 1.74. The van der Waals surface area contributed by atoms with Gasteiger partial charge in [0, 0.05) is 19.6 Å². The zero-order valence-corrected chi connectivity index (χ0v) is 12.5. The van der Waals surface area contributed by atoms with E-state index >= 15 is 0 Å². The molecular weight excluding hydrogens is 256 g/mol. The topological polar surface area (TPSA) is 69.6 Å². The van der Waals surface area contributed by atoms with Crippen molar-refractivity contribution in [2.75, 3.05) is 19.6 Å². The Morgan fingerprint density at radius 2 is 1.80 bits per heavy atom. The molecular formula is C15H26N2O3. The molecule has 0 aromatic rings. The quantitative estimate of drug-likeness (QED) is 0.833. The first kappa shape index (κ1) is 15.1. The summed E-state index contributed by atoms with van der Waals surface area (Å²) >= 11 is 0. The Hall–Kier alpha value is -1.26. The van der Waals surface area contributed by atoms with Crippen LogP contribution in [0.25, 0.3) is 0 Å². The minimum atomic E-state index is -0.797. The van der Waals surface area contributed by atoms with E-state index < -0.39 is 11.9 Å². The number of carboxylic acids is 1. The number of aliphatic carboxylic acids is 1. The lowest BCUT2D eigenvalue weighted by Gasteiger charge is -2.27. The van der Waals surface area contributed by atoms with Crippen LogP contribution >= 0.6 is 0 Å². The Bertz CT molecular complexity index is 364. The summed E-state index contributed by atoms with van der Waals surface area (Å²) in [7, 11) is 0. The highest BCUT2D eigenvalue weighted by molar-refractivity contribution is 5.77. The van der Waals surface area contributed by atoms with Gasteiger partial charge >= 0.3 is 12.0 Å². The standard InChI is InChI=1S/C15H26N2O3/c1-10-3-5-12(6-4-10)7-16-15(20)17-8-11(2)13(9-17)14(18)19/h10-13H,3-9H2,1-2H3,(H,16,20)(H,18,19). The minimum absolute atomic E-state index is 0.0359. The maximum atomic E-state index is 12.1. The van der Waals surface area contributed by atoms with E-state index in [1.165, 1.54) is 25.7 Å². The summed E-state index contributed by atoms with van der Waals surface area (Å²) in [5.41, 5.74) is 0. The van der Waals surface area contributed by atoms with Gasteiger partial charge in [-0.3, -0.25) is 4.79 Å². The van der Waals surface area contributed by atoms with Gasteiger partial charge in [0.1, 0.15) is 0 Å². The normalized spacial score (nSPS) is 34.0. The summed E-state index contributed by atoms with van der Waals surface area (Å²) in [6.45, 7) is 5.80. The number of urea groups is 1. The van der Waals surface area contributed by atoms with Gasteiger partial charge in [-0.1, -0.05) is 26.7 Å². The number of nitrogens with zero attached hydrogens (tertiary/aromatic N) is 1. The van der Waals surface area contributed by atoms with E-state index in [1.807, 2.05) is 6.92 Å². The molecule has 2 unspecified atom stereocenters. The summed E-state index contributed by atoms with van der Waals surface area (Å²) in [4.78, 5) is 24.8. The van der Waals surface area contributed by atoms with Crippen molar-refractivity contribution in [2.45, 2.75) is 39.5 Å². The van der Waals surface area contributed by atoms with E-state index in [0.29, 0.717) is 19.0 Å². The molecule has 0 aromatic heterocycles. The number of hydrogen-bond donors (Lipinski definition) is 2. The SMILES string of the molecule is CC1CCC(CNC(=O)N2CC(C)C(C(=O)O)C2)CC1. The number of rotatable bonds is 3. The molecule has 1 aliphatic heterocycles. The second-order valence-corrected chi connectivity index (χ2v) is 6.64. The van der Waals surface area contributed by atoms with Gasteiger partial charge in [-0.2, -0.15) is 0 Å². The van der Waals surface area contributed by atoms with Gasteiger partial charge in [0.15, 0.2) is 0 Å². The first-order valence-corrected chi connectivity index (χ1v) is 7.73. The van der Waals surface area contributed by atoms with Crippen LogP contribution in [0, 0.1) is 23.7 Å². The highest BCUT2D eigenvalue weighted by Gasteiger charge is 2.37. The third-order valence-corrected chi connectivity index (χ3v) is 4.89. The van der Waals surface area contributed by atoms with Gasteiger partial charge in [0.25, 0.3) is 0 Å². The predicted molar refractivity (Wildman–Crippen MR) is 76.4 cm³/mol. The van der Waals surface area contributed by atoms with Crippen molar-refractivity contribution in [1.82, 2.24) is 10.2 Å². The van der Waals surface area contributed by atoms with Crippen LogP contribution in [0.3, 0.4) is 0 Å². The van der Waals surface area contributed by atoms with Crippen molar-refractivity contribution in [3.8, 4) is 0 Å². The third-order valence-electron chi connectivity index (χ3n) is 4.89. The van der Waals surface area contributed by atoms with Crippen molar-refractivity contribution < 1.29 is 14.7 Å². The zero-order valence-electron chi connectivity index (χ0n) is 12.5. The molecule has 2 fully saturated rings. The second kappa shape index (κ2) is 6.46. The second-order valence-electron chi connectivity index (χ2n) is 6.64. The molecule has 5 nitrogen and oxygen atoms in total. The molecule has 114 valence electrons. The van der Waals surface area contributed by atoms with Crippen LogP contribution in [0.1, 0.15) is 39.5 Å². The molecule has 0 aromatic carbocycles. The Morgan fingerprint density at radius 1 is 1.15 bits per heavy atom. The van der Waals surface area contributed by atoms with Gasteiger partial charge < -0.3 is 15.3 Å². The minimum Gasteiger partial charge on any atom is -0.481 e. The maximum Gasteiger partial charge on any atom is 0.317 e. The van der Waals surface area contributed by atoms with E-state index in [2.05, 4.69) is 12.2 Å². The van der Waals surface area contributed by atoms with Gasteiger partial charge in [-0.05, 0) is 30.6 Å². The average Bonchev–Trinajstić information content (AvgIpc) is 2.80. The smallest absolute Gasteiger partial charge is 0.317 e. The largest absolute Gasteiger partial charge is 0.481 e. The first-order valence-electron chi connectivity index (χ1n) is 7.73. The highest BCUT2D eigenvalue weighted by Crippen LogP contribution is 2.28. The fourth-order valence-electron chi connectivity index (χ4n) is 3.33. The molecule has 0 spiro atoms. The molecule has 5 heteroatoms. The number of likely N-dealkylation sites (tertiary alicyclic amines) is 1. The molecule has 1 saturated carbocycles. The van der Waals surface area contributed by atoms with E-state index in [1.54, 1.807) is 4.90 Å². The van der Waals surface area contributed by atoms with E-state index in [-0.39, 0.29) is 11.9 Å². The summed E-state index contributed by atoms with van der Waals surface area (Å²) in [5, 5.41) is 12.1. The molecule has 0 bridgehead atoms. The number of carbonyl (C=O) groups excluding carboxylic acids is 1. The fourth-order valence-corrected chi connectivity index (χ4v) is 3.33. The van der Waals surface area contributed by atoms with Crippen LogP contribution in [0.5, 0.6) is 0 Å². The molecule has 2 aliphatic rings. The predicted octanol–water partition coefficient (Wildman–Crippen LogP) is 2.17. The van der Waals surface area contributed by atoms with Gasteiger partial charge in [0.2, 0.25) is 0 Å². The lowest BCUT2D eigenvalue weighted by atomic mass is 9.83. The first-order chi connectivity index (χ1) is 9.47. The van der Waals surface area contributed by atoms with Crippen LogP contribution in [0.15, 0.2) is 0 Å². The Morgan fingerprint density at radius 3 is 2.35 bits per heavy atom. The van der Waals surface area contributed by atoms with Crippen LogP contribution in [0.2, 0.25) is 0 Å². The lowest BCUT2D eigenvalue weighted by molar-refractivity contribution is -0.142. The molecule has 2 rings (SSSR count). The monoisotopic (exact) mass is 282 g/mol. The average molecular weight is 282 g/mol. The van der Waals surface area contributed by atoms with Gasteiger partial charge in [0.05, 0.1) is 5.92 Å². The third kappa shape index (κ3) is 3.64. The molecule has 1 heterocycles. The van der Waals surface area contributed by atoms with E-state index in [0.717, 1.165) is 12.5 Å². The summed E-state index contributed by atoms with van der Waals surface area (Å²) in [6, 6.07) is -0.0979. The van der Waals surface area contributed by atoms with Crippen molar-refractivity contribution >= 4 is 12.0 Å².